The van der Waals surface area contributed by atoms with Gasteiger partial charge in [0.2, 0.25) is 0 Å². The van der Waals surface area contributed by atoms with E-state index in [0.29, 0.717) is 0 Å². The van der Waals surface area contributed by atoms with Gasteiger partial charge in [-0.25, -0.2) is 0 Å². The Balaban J connectivity index is 0.000000386. The summed E-state index contributed by atoms with van der Waals surface area (Å²) < 4.78 is 0. The molecule has 2 aromatic heterocycles. The molecule has 0 spiro atoms. The van der Waals surface area contributed by atoms with Crippen molar-refractivity contribution in [3.05, 3.63) is 119 Å². The zero-order chi connectivity index (χ0) is 33.2. The maximum Gasteiger partial charge on any atom is 1.00 e. The Bertz CT molecular complexity index is 1550. The van der Waals surface area contributed by atoms with Gasteiger partial charge in [0.05, 0.1) is 5.69 Å². The molecule has 2 radical (unpaired) electrons. The van der Waals surface area contributed by atoms with E-state index in [2.05, 4.69) is 157 Å². The summed E-state index contributed by atoms with van der Waals surface area (Å²) in [5.41, 5.74) is 10.4. The molecule has 0 atom stereocenters. The molecule has 2 heterocycles. The molecule has 2 nitrogen and oxygen atoms in total. The van der Waals surface area contributed by atoms with E-state index in [1.165, 1.54) is 51.3 Å². The summed E-state index contributed by atoms with van der Waals surface area (Å²) in [7, 11) is -3.28. The predicted octanol–water partition coefficient (Wildman–Crippen LogP) is 11.2. The number of nitrogens with zero attached hydrogens (tertiary/aromatic N) is 2. The average Bonchev–Trinajstić information content (AvgIpc) is 3.18. The van der Waals surface area contributed by atoms with Crippen molar-refractivity contribution >= 4 is 33.7 Å². The summed E-state index contributed by atoms with van der Waals surface area (Å²) in [4.78, 5) is 9.71. The number of pyridine rings is 2. The maximum absolute atomic E-state index is 5.23. The van der Waals surface area contributed by atoms with Crippen LogP contribution < -0.4 is 0 Å². The van der Waals surface area contributed by atoms with E-state index in [-0.39, 0.29) is 57.1 Å². The SMILES string of the molecule is CC1(C)c2ccccc2-c2ccc(-c3cccc([C-]([Si](C)(C)C)[Si](C)(C)C)n3)cc21.C[Si](C)C[C-](C[Si](C)C)c1ccccn1.[Cu+].[Cu+]. The van der Waals surface area contributed by atoms with E-state index in [0.717, 1.165) is 5.69 Å². The van der Waals surface area contributed by atoms with Gasteiger partial charge in [0, 0.05) is 34.8 Å². The van der Waals surface area contributed by atoms with Gasteiger partial charge in [-0.1, -0.05) is 139 Å². The van der Waals surface area contributed by atoms with Crippen LogP contribution in [0.4, 0.5) is 0 Å². The van der Waals surface area contributed by atoms with Gasteiger partial charge in [0.1, 0.15) is 0 Å². The van der Waals surface area contributed by atoms with Gasteiger partial charge in [0.25, 0.3) is 0 Å². The van der Waals surface area contributed by atoms with Gasteiger partial charge in [-0.3, -0.25) is 9.97 Å². The van der Waals surface area contributed by atoms with Crippen LogP contribution in [0.1, 0.15) is 36.4 Å². The summed E-state index contributed by atoms with van der Waals surface area (Å²) in [5, 5.41) is 1.67. The first kappa shape index (κ1) is 41.6. The van der Waals surface area contributed by atoms with E-state index < -0.39 is 16.1 Å². The molecule has 0 unspecified atom stereocenters. The van der Waals surface area contributed by atoms with Crippen molar-refractivity contribution in [1.82, 2.24) is 9.97 Å². The van der Waals surface area contributed by atoms with Gasteiger partial charge in [-0.05, 0) is 44.5 Å². The van der Waals surface area contributed by atoms with Gasteiger partial charge in [0.15, 0.2) is 0 Å². The summed E-state index contributed by atoms with van der Waals surface area (Å²) in [5.74, 6) is 1.59. The van der Waals surface area contributed by atoms with E-state index in [9.17, 15) is 0 Å². The molecule has 0 saturated heterocycles. The van der Waals surface area contributed by atoms with Crippen molar-refractivity contribution < 1.29 is 34.1 Å². The Morgan fingerprint density at radius 2 is 1.19 bits per heavy atom. The van der Waals surface area contributed by atoms with Gasteiger partial charge in [-0.15, -0.1) is 24.2 Å². The molecule has 0 bridgehead atoms. The maximum atomic E-state index is 5.23. The van der Waals surface area contributed by atoms with Crippen molar-refractivity contribution in [3.63, 3.8) is 0 Å². The minimum absolute atomic E-state index is 0. The molecule has 258 valence electrons. The molecule has 4 aromatic rings. The first-order chi connectivity index (χ1) is 21.0. The van der Waals surface area contributed by atoms with Crippen LogP contribution in [-0.4, -0.2) is 43.7 Å². The third-order valence-electron chi connectivity index (χ3n) is 8.55. The largest absolute Gasteiger partial charge is 1.00 e. The number of aromatic nitrogens is 2. The van der Waals surface area contributed by atoms with Crippen LogP contribution in [0.2, 0.25) is 77.6 Å². The van der Waals surface area contributed by atoms with E-state index in [1.807, 2.05) is 12.3 Å². The van der Waals surface area contributed by atoms with Crippen molar-refractivity contribution in [2.45, 2.75) is 96.8 Å². The number of rotatable bonds is 9. The van der Waals surface area contributed by atoms with Crippen molar-refractivity contribution in [1.29, 1.82) is 0 Å². The number of benzene rings is 2. The average molecular weight is 790 g/mol. The summed E-state index contributed by atoms with van der Waals surface area (Å²) in [6.45, 7) is 29.0. The Labute approximate surface area is 313 Å². The van der Waals surface area contributed by atoms with Crippen LogP contribution >= 0.6 is 0 Å². The quantitative estimate of drug-likeness (QED) is 0.125. The second kappa shape index (κ2) is 16.9. The fourth-order valence-electron chi connectivity index (χ4n) is 7.16. The topological polar surface area (TPSA) is 25.8 Å². The fraction of sp³-hybridized carbons (Fsp3) is 0.385. The summed E-state index contributed by atoms with van der Waals surface area (Å²) >= 11 is 0. The molecule has 0 aliphatic heterocycles. The minimum atomic E-state index is -1.45. The molecular weight excluding hydrogens is 736 g/mol. The molecule has 0 amide bonds. The second-order valence-corrected chi connectivity index (χ2v) is 31.8. The van der Waals surface area contributed by atoms with Crippen molar-refractivity contribution in [2.24, 2.45) is 0 Å². The molecule has 47 heavy (non-hydrogen) atoms. The number of fused-ring (bicyclic) bond motifs is 3. The van der Waals surface area contributed by atoms with Crippen LogP contribution in [0, 0.1) is 11.1 Å². The monoisotopic (exact) mass is 788 g/mol. The molecule has 0 N–H and O–H groups in total. The zero-order valence-electron chi connectivity index (χ0n) is 30.5. The Kier molecular flexibility index (Phi) is 14.9. The standard InChI is InChI=1S/C27H34NSi2.C12H20NSi2.2Cu/c1-27(2)22-13-10-9-12-20(22)21-17-16-19(18-23(21)27)24-14-11-15-25(28-24)26(29(3,4)5)30(6,7)8;1-14(2)9-11(10-15(3)4)12-7-5-6-8-13-12;;/h9-18H,1-8H3;5-8H,9-10H2,1-4H3;;/q2*-1;2*+1. The Hall–Kier alpha value is -1.61. The number of hydrogen-bond donors (Lipinski definition) is 0. The van der Waals surface area contributed by atoms with E-state index >= 15 is 0 Å². The van der Waals surface area contributed by atoms with Crippen molar-refractivity contribution in [2.75, 3.05) is 0 Å². The Morgan fingerprint density at radius 1 is 0.638 bits per heavy atom. The predicted molar refractivity (Wildman–Crippen MR) is 207 cm³/mol. The first-order valence-electron chi connectivity index (χ1n) is 16.4. The van der Waals surface area contributed by atoms with E-state index in [4.69, 9.17) is 4.98 Å². The normalized spacial score (nSPS) is 13.1. The molecule has 1 aliphatic rings. The van der Waals surface area contributed by atoms with Gasteiger partial charge < -0.3 is 0 Å². The fourth-order valence-corrected chi connectivity index (χ4v) is 20.5. The second-order valence-electron chi connectivity index (χ2n) is 15.8. The van der Waals surface area contributed by atoms with Crippen LogP contribution in [0.25, 0.3) is 22.4 Å². The summed E-state index contributed by atoms with van der Waals surface area (Å²) in [6.07, 6.45) is 1.91. The van der Waals surface area contributed by atoms with Crippen molar-refractivity contribution in [3.8, 4) is 22.4 Å². The molecular formula is C39H54Cu2N2Si4. The van der Waals surface area contributed by atoms with Gasteiger partial charge in [-0.2, -0.15) is 23.2 Å². The van der Waals surface area contributed by atoms with Crippen LogP contribution in [0.5, 0.6) is 0 Å². The summed E-state index contributed by atoms with van der Waals surface area (Å²) in [6, 6.07) is 31.2. The molecule has 2 aromatic carbocycles. The first-order valence-corrected chi connectivity index (χ1v) is 28.9. The zero-order valence-corrected chi connectivity index (χ0v) is 36.4. The smallest absolute Gasteiger partial charge is 0.295 e. The molecule has 0 saturated carbocycles. The third-order valence-corrected chi connectivity index (χ3v) is 18.8. The van der Waals surface area contributed by atoms with Crippen LogP contribution in [-0.2, 0) is 39.6 Å². The van der Waals surface area contributed by atoms with Crippen LogP contribution in [0.15, 0.2) is 85.1 Å². The minimum Gasteiger partial charge on any atom is -0.295 e. The third kappa shape index (κ3) is 10.2. The Morgan fingerprint density at radius 3 is 1.74 bits per heavy atom. The number of hydrogen-bond acceptors (Lipinski definition) is 2. The molecule has 8 heteroatoms. The van der Waals surface area contributed by atoms with Crippen LogP contribution in [0.3, 0.4) is 0 Å². The van der Waals surface area contributed by atoms with E-state index in [1.54, 1.807) is 11.1 Å². The molecule has 1 aliphatic carbocycles. The van der Waals surface area contributed by atoms with Gasteiger partial charge >= 0.3 is 34.1 Å². The molecule has 5 rings (SSSR count). The molecule has 0 fully saturated rings.